The summed E-state index contributed by atoms with van der Waals surface area (Å²) in [6.45, 7) is 0. The first kappa shape index (κ1) is 12.6. The summed E-state index contributed by atoms with van der Waals surface area (Å²) in [5.74, 6) is 2.93. The minimum absolute atomic E-state index is 0.504. The second-order valence-corrected chi connectivity index (χ2v) is 7.97. The molecule has 4 atom stereocenters. The number of benzene rings is 2. The second-order valence-electron chi connectivity index (χ2n) is 7.49. The summed E-state index contributed by atoms with van der Waals surface area (Å²) in [5.41, 5.74) is 2.16. The highest BCUT2D eigenvalue weighted by molar-refractivity contribution is 7.80. The summed E-state index contributed by atoms with van der Waals surface area (Å²) < 4.78 is 0. The van der Waals surface area contributed by atoms with Crippen LogP contribution in [0.1, 0.15) is 44.1 Å². The molecule has 0 amide bonds. The van der Waals surface area contributed by atoms with Crippen molar-refractivity contribution in [1.29, 1.82) is 0 Å². The highest BCUT2D eigenvalue weighted by atomic mass is 32.1. The fourth-order valence-electron chi connectivity index (χ4n) is 6.31. The summed E-state index contributed by atoms with van der Waals surface area (Å²) in [7, 11) is 0. The molecule has 2 aromatic rings. The Bertz CT molecular complexity index is 719. The molecule has 2 bridgehead atoms. The maximum absolute atomic E-state index is 4.69. The number of hydrogen-bond acceptors (Lipinski definition) is 1. The fraction of sp³-hybridized carbons (Fsp3) is 0.500. The van der Waals surface area contributed by atoms with Gasteiger partial charge in [-0.15, -0.1) is 12.6 Å². The first-order valence-corrected chi connectivity index (χ1v) is 8.96. The highest BCUT2D eigenvalue weighted by Gasteiger charge is 2.60. The van der Waals surface area contributed by atoms with Gasteiger partial charge in [0.05, 0.1) is 0 Å². The Hall–Kier alpha value is -0.950. The van der Waals surface area contributed by atoms with Crippen LogP contribution in [0.4, 0.5) is 0 Å². The summed E-state index contributed by atoms with van der Waals surface area (Å²) in [4.78, 5) is 1.13. The Kier molecular flexibility index (Phi) is 2.57. The summed E-state index contributed by atoms with van der Waals surface area (Å²) in [6.07, 6.45) is 8.81. The number of rotatable bonds is 1. The maximum atomic E-state index is 4.69. The lowest BCUT2D eigenvalue weighted by Crippen LogP contribution is -2.36. The minimum Gasteiger partial charge on any atom is -0.143 e. The average molecular weight is 294 g/mol. The molecule has 0 aliphatic heterocycles. The van der Waals surface area contributed by atoms with Crippen LogP contribution in [0.25, 0.3) is 10.8 Å². The van der Waals surface area contributed by atoms with Gasteiger partial charge in [0.2, 0.25) is 0 Å². The molecule has 108 valence electrons. The Balaban J connectivity index is 1.79. The van der Waals surface area contributed by atoms with Crippen LogP contribution in [-0.4, -0.2) is 0 Å². The molecule has 3 fully saturated rings. The molecule has 1 heteroatoms. The van der Waals surface area contributed by atoms with E-state index in [4.69, 9.17) is 0 Å². The van der Waals surface area contributed by atoms with Gasteiger partial charge in [-0.1, -0.05) is 36.8 Å². The monoisotopic (exact) mass is 294 g/mol. The predicted molar refractivity (Wildman–Crippen MR) is 91.1 cm³/mol. The fourth-order valence-corrected chi connectivity index (χ4v) is 6.58. The van der Waals surface area contributed by atoms with Gasteiger partial charge in [-0.05, 0) is 72.3 Å². The van der Waals surface area contributed by atoms with Crippen molar-refractivity contribution < 1.29 is 0 Å². The molecule has 0 saturated heterocycles. The quantitative estimate of drug-likeness (QED) is 0.651. The van der Waals surface area contributed by atoms with E-state index in [-0.39, 0.29) is 0 Å². The SMILES string of the molecule is Sc1ccc(C23CCCC2C2CCC3C2)c2ccccc12. The van der Waals surface area contributed by atoms with E-state index in [1.165, 1.54) is 49.3 Å². The molecular weight excluding hydrogens is 272 g/mol. The van der Waals surface area contributed by atoms with E-state index in [0.717, 1.165) is 22.6 Å². The van der Waals surface area contributed by atoms with Crippen LogP contribution in [0.15, 0.2) is 41.3 Å². The number of fused-ring (bicyclic) bond motifs is 6. The lowest BCUT2D eigenvalue weighted by molar-refractivity contribution is 0.206. The maximum Gasteiger partial charge on any atom is 0.0119 e. The smallest absolute Gasteiger partial charge is 0.0119 e. The van der Waals surface area contributed by atoms with Crippen molar-refractivity contribution >= 4 is 23.4 Å². The van der Waals surface area contributed by atoms with Crippen molar-refractivity contribution in [3.05, 3.63) is 42.0 Å². The van der Waals surface area contributed by atoms with Crippen LogP contribution in [0.3, 0.4) is 0 Å². The summed E-state index contributed by atoms with van der Waals surface area (Å²) in [6, 6.07) is 13.6. The molecule has 0 N–H and O–H groups in total. The van der Waals surface area contributed by atoms with Gasteiger partial charge in [-0.3, -0.25) is 0 Å². The average Bonchev–Trinajstić information content (AvgIpc) is 3.20. The van der Waals surface area contributed by atoms with Crippen LogP contribution >= 0.6 is 12.6 Å². The van der Waals surface area contributed by atoms with Gasteiger partial charge < -0.3 is 0 Å². The topological polar surface area (TPSA) is 0 Å². The van der Waals surface area contributed by atoms with Crippen LogP contribution in [0.2, 0.25) is 0 Å². The van der Waals surface area contributed by atoms with Crippen molar-refractivity contribution in [3.8, 4) is 0 Å². The number of hydrogen-bond donors (Lipinski definition) is 1. The van der Waals surface area contributed by atoms with Gasteiger partial charge in [-0.25, -0.2) is 0 Å². The molecule has 4 unspecified atom stereocenters. The zero-order chi connectivity index (χ0) is 14.0. The summed E-state index contributed by atoms with van der Waals surface area (Å²) in [5, 5.41) is 2.82. The molecule has 0 aromatic heterocycles. The highest BCUT2D eigenvalue weighted by Crippen LogP contribution is 2.67. The Morgan fingerprint density at radius 3 is 2.71 bits per heavy atom. The lowest BCUT2D eigenvalue weighted by atomic mass is 9.63. The predicted octanol–water partition coefficient (Wildman–Crippen LogP) is 5.60. The van der Waals surface area contributed by atoms with Crippen LogP contribution < -0.4 is 0 Å². The molecule has 5 rings (SSSR count). The van der Waals surface area contributed by atoms with E-state index in [2.05, 4.69) is 49.0 Å². The van der Waals surface area contributed by atoms with Gasteiger partial charge in [0.1, 0.15) is 0 Å². The van der Waals surface area contributed by atoms with Crippen molar-refractivity contribution in [3.63, 3.8) is 0 Å². The number of thiol groups is 1. The molecule has 21 heavy (non-hydrogen) atoms. The third kappa shape index (κ3) is 1.49. The third-order valence-electron chi connectivity index (χ3n) is 6.94. The molecule has 3 aliphatic rings. The van der Waals surface area contributed by atoms with Gasteiger partial charge in [0, 0.05) is 10.3 Å². The van der Waals surface area contributed by atoms with Crippen molar-refractivity contribution in [2.75, 3.05) is 0 Å². The molecular formula is C20H22S. The molecule has 0 radical (unpaired) electrons. The third-order valence-corrected chi connectivity index (χ3v) is 7.33. The largest absolute Gasteiger partial charge is 0.143 e. The van der Waals surface area contributed by atoms with E-state index >= 15 is 0 Å². The van der Waals surface area contributed by atoms with E-state index in [0.29, 0.717) is 5.41 Å². The first-order chi connectivity index (χ1) is 10.3. The van der Waals surface area contributed by atoms with Crippen molar-refractivity contribution in [2.45, 2.75) is 48.8 Å². The molecule has 3 saturated carbocycles. The van der Waals surface area contributed by atoms with E-state index in [1.54, 1.807) is 5.56 Å². The van der Waals surface area contributed by atoms with Crippen LogP contribution in [-0.2, 0) is 5.41 Å². The van der Waals surface area contributed by atoms with Gasteiger partial charge in [0.15, 0.2) is 0 Å². The van der Waals surface area contributed by atoms with Gasteiger partial charge in [0.25, 0.3) is 0 Å². The zero-order valence-corrected chi connectivity index (χ0v) is 13.3. The van der Waals surface area contributed by atoms with Gasteiger partial charge in [-0.2, -0.15) is 0 Å². The summed E-state index contributed by atoms with van der Waals surface area (Å²) >= 11 is 4.69. The van der Waals surface area contributed by atoms with Crippen molar-refractivity contribution in [2.24, 2.45) is 17.8 Å². The minimum atomic E-state index is 0.504. The second kappa shape index (κ2) is 4.29. The molecule has 2 aromatic carbocycles. The van der Waals surface area contributed by atoms with E-state index in [1.807, 2.05) is 0 Å². The normalized spacial score (nSPS) is 37.3. The Morgan fingerprint density at radius 2 is 1.81 bits per heavy atom. The molecule has 3 aliphatic carbocycles. The Labute approximate surface area is 132 Å². The lowest BCUT2D eigenvalue weighted by Gasteiger charge is -2.41. The Morgan fingerprint density at radius 1 is 0.952 bits per heavy atom. The van der Waals surface area contributed by atoms with E-state index < -0.39 is 0 Å². The van der Waals surface area contributed by atoms with E-state index in [9.17, 15) is 0 Å². The molecule has 0 spiro atoms. The molecule has 0 nitrogen and oxygen atoms in total. The van der Waals surface area contributed by atoms with Crippen molar-refractivity contribution in [1.82, 2.24) is 0 Å². The van der Waals surface area contributed by atoms with Crippen LogP contribution in [0, 0.1) is 17.8 Å². The zero-order valence-electron chi connectivity index (χ0n) is 12.4. The van der Waals surface area contributed by atoms with Crippen LogP contribution in [0.5, 0.6) is 0 Å². The molecule has 0 heterocycles. The first-order valence-electron chi connectivity index (χ1n) is 8.52. The van der Waals surface area contributed by atoms with Gasteiger partial charge >= 0.3 is 0 Å². The standard InChI is InChI=1S/C20H22S/c21-19-10-9-18(15-4-1-2-5-16(15)19)20-11-3-6-17(20)13-7-8-14(20)12-13/h1-2,4-5,9-10,13-14,17,21H,3,6-8,11-12H2.